The highest BCUT2D eigenvalue weighted by Crippen LogP contribution is 2.74. The number of nitrogens with zero attached hydrogens (tertiary/aromatic N) is 3. The summed E-state index contributed by atoms with van der Waals surface area (Å²) in [5.41, 5.74) is 16.7. The zero-order valence-corrected chi connectivity index (χ0v) is 39.7. The fourth-order valence-corrected chi connectivity index (χ4v) is 15.5. The van der Waals surface area contributed by atoms with Crippen LogP contribution in [0.5, 0.6) is 0 Å². The van der Waals surface area contributed by atoms with Gasteiger partial charge in [0.25, 0.3) is 0 Å². The molecule has 1 aliphatic heterocycles. The number of fused-ring (bicyclic) bond motifs is 12. The molecular weight excluding hydrogens is 831 g/mol. The van der Waals surface area contributed by atoms with E-state index >= 15 is 0 Å². The van der Waals surface area contributed by atoms with Crippen molar-refractivity contribution in [2.45, 2.75) is 98.0 Å². The minimum absolute atomic E-state index is 0.0353. The number of aromatic nitrogens is 3. The number of hydrogen-bond acceptors (Lipinski definition) is 4. The lowest BCUT2D eigenvalue weighted by atomic mass is 9.46. The highest BCUT2D eigenvalue weighted by atomic mass is 32.2. The van der Waals surface area contributed by atoms with Crippen molar-refractivity contribution < 1.29 is 0 Å². The first-order chi connectivity index (χ1) is 32.7. The van der Waals surface area contributed by atoms with Crippen molar-refractivity contribution in [2.75, 3.05) is 0 Å². The van der Waals surface area contributed by atoms with Gasteiger partial charge in [0, 0.05) is 37.7 Å². The van der Waals surface area contributed by atoms with Crippen LogP contribution >= 0.6 is 11.8 Å². The second kappa shape index (κ2) is 15.1. The van der Waals surface area contributed by atoms with Gasteiger partial charge in [-0.15, -0.1) is 11.8 Å². The molecule has 0 radical (unpaired) electrons. The van der Waals surface area contributed by atoms with Crippen molar-refractivity contribution in [1.82, 2.24) is 15.0 Å². The third-order valence-electron chi connectivity index (χ3n) is 17.1. The standard InChI is InChI=1S/C63H55N3S/c1-60(2)49-27-11-13-29-51(49)63(52-30-14-12-28-50(52)60)53-31-18-25-47(55(53)54-39-44(36-38-61(54,63)3)45-23-17-24-46-48-26-15-16-37-62(48,4)67-56(45)46)59-65-57(42-21-9-6-10-22-42)64-58(66-59)43-34-32-41(33-35-43)40-19-7-5-8-20-40/h5-7,9-19,21-35,37,44,48,54H,8,20,36,38-39H2,1-4H3. The summed E-state index contributed by atoms with van der Waals surface area (Å²) in [6.07, 6.45) is 21.4. The fraction of sp³-hybridized carbons (Fsp3) is 0.254. The maximum Gasteiger partial charge on any atom is 0.164 e. The van der Waals surface area contributed by atoms with E-state index in [4.69, 9.17) is 15.0 Å². The third-order valence-corrected chi connectivity index (χ3v) is 18.6. The second-order valence-electron chi connectivity index (χ2n) is 20.9. The lowest BCUT2D eigenvalue weighted by molar-refractivity contribution is 0.113. The van der Waals surface area contributed by atoms with Gasteiger partial charge in [0.2, 0.25) is 0 Å². The first kappa shape index (κ1) is 40.9. The summed E-state index contributed by atoms with van der Waals surface area (Å²) in [5.74, 6) is 3.16. The van der Waals surface area contributed by atoms with Crippen molar-refractivity contribution in [3.63, 3.8) is 0 Å². The predicted molar refractivity (Wildman–Crippen MR) is 277 cm³/mol. The Bertz CT molecular complexity index is 3230. The van der Waals surface area contributed by atoms with E-state index < -0.39 is 0 Å². The zero-order valence-electron chi connectivity index (χ0n) is 38.8. The molecule has 0 saturated heterocycles. The summed E-state index contributed by atoms with van der Waals surface area (Å²) in [7, 11) is 0. The van der Waals surface area contributed by atoms with E-state index in [1.807, 2.05) is 0 Å². The molecule has 67 heavy (non-hydrogen) atoms. The molecule has 5 unspecified atom stereocenters. The molecule has 6 aliphatic rings. The van der Waals surface area contributed by atoms with Crippen molar-refractivity contribution in [2.24, 2.45) is 5.41 Å². The van der Waals surface area contributed by atoms with Crippen molar-refractivity contribution in [3.8, 4) is 34.2 Å². The SMILES string of the molecule is CC1(C)c2ccccc2C2(c3ccccc31)c1cccc(-c3nc(-c4ccccc4)nc(-c4ccc(C5=CC=CCC5)cc4)n3)c1C1CC(c3cccc4c3SC3(C)C=CC=CC43)CCC12C. The molecule has 0 amide bonds. The van der Waals surface area contributed by atoms with Crippen LogP contribution in [-0.4, -0.2) is 19.7 Å². The van der Waals surface area contributed by atoms with Crippen LogP contribution in [0.25, 0.3) is 39.7 Å². The van der Waals surface area contributed by atoms with E-state index in [0.29, 0.717) is 23.5 Å². The molecule has 4 heteroatoms. The van der Waals surface area contributed by atoms with Crippen molar-refractivity contribution >= 4 is 17.3 Å². The summed E-state index contributed by atoms with van der Waals surface area (Å²) in [6, 6.07) is 52.6. The van der Waals surface area contributed by atoms with Gasteiger partial charge in [0.05, 0.1) is 5.41 Å². The maximum absolute atomic E-state index is 5.53. The third kappa shape index (κ3) is 5.88. The zero-order chi connectivity index (χ0) is 45.1. The van der Waals surface area contributed by atoms with Gasteiger partial charge >= 0.3 is 0 Å². The highest BCUT2D eigenvalue weighted by molar-refractivity contribution is 8.01. The summed E-state index contributed by atoms with van der Waals surface area (Å²) >= 11 is 2.09. The molecule has 6 aromatic carbocycles. The van der Waals surface area contributed by atoms with Crippen LogP contribution in [-0.2, 0) is 10.8 Å². The Balaban J connectivity index is 1.04. The van der Waals surface area contributed by atoms with Gasteiger partial charge in [0.15, 0.2) is 17.5 Å². The Morgan fingerprint density at radius 1 is 0.567 bits per heavy atom. The van der Waals surface area contributed by atoms with Gasteiger partial charge in [0.1, 0.15) is 0 Å². The van der Waals surface area contributed by atoms with Crippen molar-refractivity contribution in [1.29, 1.82) is 0 Å². The molecule has 1 saturated carbocycles. The molecule has 7 aromatic rings. The van der Waals surface area contributed by atoms with Gasteiger partial charge in [-0.1, -0.05) is 203 Å². The quantitative estimate of drug-likeness (QED) is 0.173. The molecule has 2 heterocycles. The average Bonchev–Trinajstić information content (AvgIpc) is 3.82. The van der Waals surface area contributed by atoms with Crippen LogP contribution < -0.4 is 0 Å². The lowest BCUT2D eigenvalue weighted by Crippen LogP contribution is -2.51. The molecule has 1 fully saturated rings. The number of allylic oxidation sites excluding steroid dienone is 7. The van der Waals surface area contributed by atoms with Crippen LogP contribution in [0.3, 0.4) is 0 Å². The molecule has 1 spiro atoms. The number of benzene rings is 6. The Hall–Kier alpha value is -6.36. The molecule has 13 rings (SSSR count). The topological polar surface area (TPSA) is 38.7 Å². The Morgan fingerprint density at radius 2 is 1.19 bits per heavy atom. The first-order valence-corrected chi connectivity index (χ1v) is 25.3. The molecule has 3 nitrogen and oxygen atoms in total. The minimum atomic E-state index is -0.390. The van der Waals surface area contributed by atoms with Gasteiger partial charge in [-0.25, -0.2) is 15.0 Å². The molecule has 0 N–H and O–H groups in total. The average molecular weight is 886 g/mol. The number of thioether (sulfide) groups is 1. The summed E-state index contributed by atoms with van der Waals surface area (Å²) in [4.78, 5) is 17.8. The van der Waals surface area contributed by atoms with E-state index in [1.165, 1.54) is 60.5 Å². The fourth-order valence-electron chi connectivity index (χ4n) is 13.9. The number of hydrogen-bond donors (Lipinski definition) is 0. The van der Waals surface area contributed by atoms with E-state index in [2.05, 4.69) is 222 Å². The van der Waals surface area contributed by atoms with Crippen LogP contribution in [0.4, 0.5) is 0 Å². The van der Waals surface area contributed by atoms with Crippen LogP contribution in [0.15, 0.2) is 187 Å². The van der Waals surface area contributed by atoms with Gasteiger partial charge in [-0.2, -0.15) is 0 Å². The molecule has 5 aliphatic carbocycles. The molecule has 0 bridgehead atoms. The monoisotopic (exact) mass is 885 g/mol. The smallest absolute Gasteiger partial charge is 0.164 e. The van der Waals surface area contributed by atoms with E-state index in [0.717, 1.165) is 54.6 Å². The van der Waals surface area contributed by atoms with Gasteiger partial charge in [-0.3, -0.25) is 0 Å². The normalized spacial score (nSPS) is 25.4. The van der Waals surface area contributed by atoms with Crippen molar-refractivity contribution in [3.05, 3.63) is 232 Å². The highest BCUT2D eigenvalue weighted by Gasteiger charge is 2.66. The Kier molecular flexibility index (Phi) is 9.20. The maximum atomic E-state index is 5.53. The predicted octanol–water partition coefficient (Wildman–Crippen LogP) is 15.7. The summed E-state index contributed by atoms with van der Waals surface area (Å²) in [6.45, 7) is 9.96. The molecule has 1 aromatic heterocycles. The van der Waals surface area contributed by atoms with Gasteiger partial charge < -0.3 is 0 Å². The van der Waals surface area contributed by atoms with Crippen LogP contribution in [0.1, 0.15) is 128 Å². The summed E-state index contributed by atoms with van der Waals surface area (Å²) in [5, 5.41) is 0. The van der Waals surface area contributed by atoms with Gasteiger partial charge in [-0.05, 0) is 112 Å². The van der Waals surface area contributed by atoms with E-state index in [1.54, 1.807) is 0 Å². The molecule has 5 atom stereocenters. The Morgan fingerprint density at radius 3 is 1.91 bits per heavy atom. The van der Waals surface area contributed by atoms with Crippen LogP contribution in [0.2, 0.25) is 0 Å². The Labute approximate surface area is 400 Å². The minimum Gasteiger partial charge on any atom is -0.208 e. The van der Waals surface area contributed by atoms with Crippen LogP contribution in [0, 0.1) is 5.41 Å². The number of rotatable bonds is 5. The lowest BCUT2D eigenvalue weighted by Gasteiger charge is -2.56. The largest absolute Gasteiger partial charge is 0.208 e. The summed E-state index contributed by atoms with van der Waals surface area (Å²) < 4.78 is 0.0353. The molecular formula is C63H55N3S. The van der Waals surface area contributed by atoms with E-state index in [9.17, 15) is 0 Å². The second-order valence-corrected chi connectivity index (χ2v) is 22.3. The van der Waals surface area contributed by atoms with E-state index in [-0.39, 0.29) is 26.9 Å². The molecule has 328 valence electrons. The first-order valence-electron chi connectivity index (χ1n) is 24.5.